The molecule has 116 valence electrons. The molecule has 0 radical (unpaired) electrons. The zero-order valence-corrected chi connectivity index (χ0v) is 12.0. The third kappa shape index (κ3) is 8.30. The number of carboxylic acids is 2. The summed E-state index contributed by atoms with van der Waals surface area (Å²) in [5.41, 5.74) is 0. The number of nitrogens with zero attached hydrogens (tertiary/aromatic N) is 1. The van der Waals surface area contributed by atoms with E-state index in [1.165, 1.54) is 0 Å². The molecule has 0 rings (SSSR count). The van der Waals surface area contributed by atoms with Gasteiger partial charge in [0.1, 0.15) is 6.04 Å². The van der Waals surface area contributed by atoms with Gasteiger partial charge < -0.3 is 25.7 Å². The minimum Gasteiger partial charge on any atom is -0.481 e. The van der Waals surface area contributed by atoms with Crippen LogP contribution in [0.1, 0.15) is 26.7 Å². The molecule has 0 spiro atoms. The largest absolute Gasteiger partial charge is 0.481 e. The van der Waals surface area contributed by atoms with E-state index in [2.05, 4.69) is 29.4 Å². The van der Waals surface area contributed by atoms with Gasteiger partial charge in [0.05, 0.1) is 6.42 Å². The summed E-state index contributed by atoms with van der Waals surface area (Å²) in [6.45, 7) is 5.31. The molecule has 0 aliphatic rings. The van der Waals surface area contributed by atoms with Crippen molar-refractivity contribution in [2.24, 2.45) is 0 Å². The summed E-state index contributed by atoms with van der Waals surface area (Å²) in [7, 11) is 1.97. The normalized spacial score (nSPS) is 12.2. The van der Waals surface area contributed by atoms with E-state index in [4.69, 9.17) is 10.2 Å². The van der Waals surface area contributed by atoms with E-state index in [0.29, 0.717) is 12.6 Å². The van der Waals surface area contributed by atoms with Crippen LogP contribution in [0.2, 0.25) is 0 Å². The van der Waals surface area contributed by atoms with Gasteiger partial charge in [-0.2, -0.15) is 0 Å². The van der Waals surface area contributed by atoms with Crippen LogP contribution in [0.4, 0.5) is 4.79 Å². The molecule has 0 saturated heterocycles. The Morgan fingerprint density at radius 3 is 2.25 bits per heavy atom. The van der Waals surface area contributed by atoms with Gasteiger partial charge in [0.2, 0.25) is 0 Å². The van der Waals surface area contributed by atoms with Crippen molar-refractivity contribution in [3.63, 3.8) is 0 Å². The van der Waals surface area contributed by atoms with Crippen LogP contribution >= 0.6 is 0 Å². The summed E-state index contributed by atoms with van der Waals surface area (Å²) in [5.74, 6) is -2.65. The summed E-state index contributed by atoms with van der Waals surface area (Å²) in [5, 5.41) is 21.9. The van der Waals surface area contributed by atoms with E-state index in [-0.39, 0.29) is 0 Å². The van der Waals surface area contributed by atoms with Gasteiger partial charge in [-0.1, -0.05) is 0 Å². The second kappa shape index (κ2) is 9.13. The summed E-state index contributed by atoms with van der Waals surface area (Å²) in [4.78, 5) is 34.7. The third-order valence-electron chi connectivity index (χ3n) is 2.84. The highest BCUT2D eigenvalue weighted by Crippen LogP contribution is 1.95. The summed E-state index contributed by atoms with van der Waals surface area (Å²) >= 11 is 0. The van der Waals surface area contributed by atoms with Gasteiger partial charge in [-0.15, -0.1) is 0 Å². The smallest absolute Gasteiger partial charge is 0.326 e. The van der Waals surface area contributed by atoms with Gasteiger partial charge >= 0.3 is 18.0 Å². The first-order valence-corrected chi connectivity index (χ1v) is 6.43. The quantitative estimate of drug-likeness (QED) is 0.442. The zero-order valence-electron chi connectivity index (χ0n) is 12.0. The number of urea groups is 1. The van der Waals surface area contributed by atoms with Crippen LogP contribution in [0.5, 0.6) is 0 Å². The fourth-order valence-electron chi connectivity index (χ4n) is 1.37. The van der Waals surface area contributed by atoms with Crippen molar-refractivity contribution in [3.05, 3.63) is 0 Å². The molecule has 0 bridgehead atoms. The molecule has 8 nitrogen and oxygen atoms in total. The maximum Gasteiger partial charge on any atom is 0.326 e. The van der Waals surface area contributed by atoms with E-state index in [0.717, 1.165) is 13.0 Å². The maximum atomic E-state index is 11.4. The molecule has 8 heteroatoms. The van der Waals surface area contributed by atoms with E-state index >= 15 is 0 Å². The molecular weight excluding hydrogens is 266 g/mol. The molecule has 4 N–H and O–H groups in total. The molecule has 0 heterocycles. The SMILES string of the molecule is CC(C)N(C)CCCNC(=O)NC(CC(=O)O)C(=O)O. The van der Waals surface area contributed by atoms with Crippen molar-refractivity contribution < 1.29 is 24.6 Å². The number of amides is 2. The van der Waals surface area contributed by atoms with Crippen molar-refractivity contribution in [1.82, 2.24) is 15.5 Å². The fraction of sp³-hybridized carbons (Fsp3) is 0.750. The molecular formula is C12H23N3O5. The van der Waals surface area contributed by atoms with Crippen LogP contribution in [0.25, 0.3) is 0 Å². The molecule has 0 aliphatic heterocycles. The van der Waals surface area contributed by atoms with Crippen LogP contribution in [-0.2, 0) is 9.59 Å². The van der Waals surface area contributed by atoms with Crippen molar-refractivity contribution in [2.45, 2.75) is 38.8 Å². The van der Waals surface area contributed by atoms with Gasteiger partial charge in [-0.25, -0.2) is 9.59 Å². The molecule has 0 aromatic rings. The first-order chi connectivity index (χ1) is 9.23. The molecule has 1 atom stereocenters. The van der Waals surface area contributed by atoms with Crippen LogP contribution in [0.15, 0.2) is 0 Å². The number of aliphatic carboxylic acids is 2. The summed E-state index contributed by atoms with van der Waals surface area (Å²) in [6.07, 6.45) is 0.0671. The van der Waals surface area contributed by atoms with Gasteiger partial charge in [0.15, 0.2) is 0 Å². The molecule has 0 saturated carbocycles. The van der Waals surface area contributed by atoms with E-state index < -0.39 is 30.4 Å². The number of rotatable bonds is 9. The lowest BCUT2D eigenvalue weighted by atomic mass is 10.2. The lowest BCUT2D eigenvalue weighted by Crippen LogP contribution is -2.47. The second-order valence-electron chi connectivity index (χ2n) is 4.82. The van der Waals surface area contributed by atoms with Crippen molar-refractivity contribution in [3.8, 4) is 0 Å². The molecule has 0 aromatic heterocycles. The average Bonchev–Trinajstić information content (AvgIpc) is 2.32. The third-order valence-corrected chi connectivity index (χ3v) is 2.84. The lowest BCUT2D eigenvalue weighted by molar-refractivity contribution is -0.145. The first-order valence-electron chi connectivity index (χ1n) is 6.43. The van der Waals surface area contributed by atoms with E-state index in [9.17, 15) is 14.4 Å². The number of carboxylic acid groups (broad SMARTS) is 2. The Morgan fingerprint density at radius 1 is 1.20 bits per heavy atom. The lowest BCUT2D eigenvalue weighted by Gasteiger charge is -2.20. The molecule has 0 fully saturated rings. The van der Waals surface area contributed by atoms with E-state index in [1.54, 1.807) is 0 Å². The highest BCUT2D eigenvalue weighted by atomic mass is 16.4. The average molecular weight is 289 g/mol. The van der Waals surface area contributed by atoms with Gasteiger partial charge in [0, 0.05) is 12.6 Å². The molecule has 0 aliphatic carbocycles. The standard InChI is InChI=1S/C12H23N3O5/c1-8(2)15(3)6-4-5-13-12(20)14-9(11(18)19)7-10(16)17/h8-9H,4-7H2,1-3H3,(H,16,17)(H,18,19)(H2,13,14,20). The maximum absolute atomic E-state index is 11.4. The van der Waals surface area contributed by atoms with Gasteiger partial charge in [-0.05, 0) is 33.9 Å². The van der Waals surface area contributed by atoms with E-state index in [1.807, 2.05) is 7.05 Å². The van der Waals surface area contributed by atoms with Crippen LogP contribution in [0, 0.1) is 0 Å². The van der Waals surface area contributed by atoms with Crippen molar-refractivity contribution in [2.75, 3.05) is 20.1 Å². The van der Waals surface area contributed by atoms with Crippen LogP contribution in [0.3, 0.4) is 0 Å². The predicted molar refractivity (Wildman–Crippen MR) is 72.6 cm³/mol. The van der Waals surface area contributed by atoms with Crippen molar-refractivity contribution >= 4 is 18.0 Å². The fourth-order valence-corrected chi connectivity index (χ4v) is 1.37. The molecule has 2 amide bonds. The van der Waals surface area contributed by atoms with Gasteiger partial charge in [-0.3, -0.25) is 4.79 Å². The molecule has 0 aromatic carbocycles. The highest BCUT2D eigenvalue weighted by molar-refractivity contribution is 5.86. The predicted octanol–water partition coefficient (Wildman–Crippen LogP) is -0.0562. The van der Waals surface area contributed by atoms with Crippen molar-refractivity contribution in [1.29, 1.82) is 0 Å². The molecule has 20 heavy (non-hydrogen) atoms. The topological polar surface area (TPSA) is 119 Å². The highest BCUT2D eigenvalue weighted by Gasteiger charge is 2.22. The Bertz CT molecular complexity index is 346. The molecule has 1 unspecified atom stereocenters. The number of hydrogen-bond donors (Lipinski definition) is 4. The monoisotopic (exact) mass is 289 g/mol. The zero-order chi connectivity index (χ0) is 15.7. The summed E-state index contributed by atoms with van der Waals surface area (Å²) in [6, 6.07) is -1.69. The van der Waals surface area contributed by atoms with Crippen LogP contribution < -0.4 is 10.6 Å². The number of hydrogen-bond acceptors (Lipinski definition) is 4. The Morgan fingerprint density at radius 2 is 1.80 bits per heavy atom. The number of carbonyl (C=O) groups excluding carboxylic acids is 1. The second-order valence-corrected chi connectivity index (χ2v) is 4.82. The Kier molecular flexibility index (Phi) is 8.30. The minimum atomic E-state index is -1.43. The number of carbonyl (C=O) groups is 3. The van der Waals surface area contributed by atoms with Gasteiger partial charge in [0.25, 0.3) is 0 Å². The summed E-state index contributed by atoms with van der Waals surface area (Å²) < 4.78 is 0. The number of nitrogens with one attached hydrogen (secondary N) is 2. The Hall–Kier alpha value is -1.83. The Balaban J connectivity index is 3.97. The van der Waals surface area contributed by atoms with Crippen LogP contribution in [-0.4, -0.2) is 65.3 Å². The first kappa shape index (κ1) is 18.2. The minimum absolute atomic E-state index is 0.391. The Labute approximate surface area is 118 Å².